The Balaban J connectivity index is 1.66. The van der Waals surface area contributed by atoms with E-state index in [0.29, 0.717) is 32.1 Å². The van der Waals surface area contributed by atoms with Crippen LogP contribution >= 0.6 is 0 Å². The number of aromatic nitrogens is 1. The van der Waals surface area contributed by atoms with Gasteiger partial charge in [-0.05, 0) is 56.6 Å². The minimum Gasteiger partial charge on any atom is -0.382 e. The van der Waals surface area contributed by atoms with Crippen molar-refractivity contribution in [1.29, 1.82) is 0 Å². The maximum Gasteiger partial charge on any atom is 0.242 e. The van der Waals surface area contributed by atoms with Gasteiger partial charge < -0.3 is 20.4 Å². The van der Waals surface area contributed by atoms with Crippen molar-refractivity contribution in [3.63, 3.8) is 0 Å². The van der Waals surface area contributed by atoms with Crippen molar-refractivity contribution < 1.29 is 14.3 Å². The van der Waals surface area contributed by atoms with E-state index in [-0.39, 0.29) is 17.7 Å². The minimum atomic E-state index is -0.580. The molecular formula is C24H35N3O3. The molecule has 1 aliphatic rings. The molecule has 0 unspecified atom stereocenters. The molecule has 0 spiro atoms. The molecular weight excluding hydrogens is 378 g/mol. The summed E-state index contributed by atoms with van der Waals surface area (Å²) < 4.78 is 5.34. The molecule has 2 amide bonds. The number of para-hydroxylation sites is 1. The molecule has 1 aromatic carbocycles. The van der Waals surface area contributed by atoms with Gasteiger partial charge >= 0.3 is 0 Å². The van der Waals surface area contributed by atoms with Crippen LogP contribution in [-0.4, -0.2) is 42.6 Å². The fourth-order valence-corrected chi connectivity index (χ4v) is 4.19. The molecule has 0 bridgehead atoms. The second-order valence-electron chi connectivity index (χ2n) is 8.42. The molecule has 1 heterocycles. The predicted molar refractivity (Wildman–Crippen MR) is 119 cm³/mol. The Labute approximate surface area is 179 Å². The number of hydrogen-bond acceptors (Lipinski definition) is 3. The molecule has 0 aliphatic heterocycles. The Morgan fingerprint density at radius 3 is 2.73 bits per heavy atom. The van der Waals surface area contributed by atoms with Crippen molar-refractivity contribution in [3.05, 3.63) is 36.0 Å². The number of amides is 2. The van der Waals surface area contributed by atoms with Gasteiger partial charge in [-0.1, -0.05) is 25.1 Å². The van der Waals surface area contributed by atoms with Crippen LogP contribution in [0.15, 0.2) is 30.5 Å². The number of hydrogen-bond donors (Lipinski definition) is 3. The van der Waals surface area contributed by atoms with E-state index < -0.39 is 6.04 Å². The average Bonchev–Trinajstić information content (AvgIpc) is 3.16. The molecule has 2 aromatic rings. The lowest BCUT2D eigenvalue weighted by Crippen LogP contribution is -2.50. The van der Waals surface area contributed by atoms with Crippen LogP contribution in [0.2, 0.25) is 0 Å². The summed E-state index contributed by atoms with van der Waals surface area (Å²) in [7, 11) is 0. The number of H-pyrrole nitrogens is 1. The molecule has 0 radical (unpaired) electrons. The molecule has 3 N–H and O–H groups in total. The van der Waals surface area contributed by atoms with Crippen LogP contribution in [0.4, 0.5) is 0 Å². The number of nitrogens with one attached hydrogen (secondary N) is 3. The third-order valence-electron chi connectivity index (χ3n) is 6.09. The first-order chi connectivity index (χ1) is 14.6. The average molecular weight is 414 g/mol. The summed E-state index contributed by atoms with van der Waals surface area (Å²) in [6.45, 7) is 6.03. The monoisotopic (exact) mass is 413 g/mol. The third-order valence-corrected chi connectivity index (χ3v) is 6.09. The van der Waals surface area contributed by atoms with Gasteiger partial charge in [0.1, 0.15) is 6.04 Å². The van der Waals surface area contributed by atoms with Crippen molar-refractivity contribution in [2.75, 3.05) is 19.8 Å². The van der Waals surface area contributed by atoms with Crippen molar-refractivity contribution in [2.45, 2.75) is 58.4 Å². The summed E-state index contributed by atoms with van der Waals surface area (Å²) >= 11 is 0. The molecule has 6 nitrogen and oxygen atoms in total. The number of ether oxygens (including phenoxy) is 1. The van der Waals surface area contributed by atoms with Gasteiger partial charge in [0.25, 0.3) is 0 Å². The molecule has 6 heteroatoms. The van der Waals surface area contributed by atoms with Gasteiger partial charge in [0.15, 0.2) is 0 Å². The zero-order valence-electron chi connectivity index (χ0n) is 18.2. The highest BCUT2D eigenvalue weighted by Crippen LogP contribution is 2.28. The fourth-order valence-electron chi connectivity index (χ4n) is 4.19. The van der Waals surface area contributed by atoms with Crippen LogP contribution in [0.1, 0.15) is 51.5 Å². The second-order valence-corrected chi connectivity index (χ2v) is 8.42. The number of rotatable bonds is 10. The zero-order valence-corrected chi connectivity index (χ0v) is 18.2. The number of carbonyl (C=O) groups excluding carboxylic acids is 2. The van der Waals surface area contributed by atoms with Gasteiger partial charge in [0.05, 0.1) is 0 Å². The topological polar surface area (TPSA) is 83.2 Å². The largest absolute Gasteiger partial charge is 0.382 e. The second kappa shape index (κ2) is 11.2. The quantitative estimate of drug-likeness (QED) is 0.521. The van der Waals surface area contributed by atoms with E-state index in [9.17, 15) is 9.59 Å². The van der Waals surface area contributed by atoms with E-state index in [1.807, 2.05) is 37.4 Å². The van der Waals surface area contributed by atoms with E-state index in [1.165, 1.54) is 0 Å². The summed E-state index contributed by atoms with van der Waals surface area (Å²) in [5.41, 5.74) is 2.08. The number of carbonyl (C=O) groups is 2. The fraction of sp³-hybridized carbons (Fsp3) is 0.583. The highest BCUT2D eigenvalue weighted by Gasteiger charge is 2.28. The van der Waals surface area contributed by atoms with Crippen molar-refractivity contribution in [1.82, 2.24) is 15.6 Å². The van der Waals surface area contributed by atoms with Gasteiger partial charge in [-0.3, -0.25) is 9.59 Å². The highest BCUT2D eigenvalue weighted by atomic mass is 16.5. The Hall–Kier alpha value is -2.34. The van der Waals surface area contributed by atoms with Gasteiger partial charge in [0.2, 0.25) is 11.8 Å². The van der Waals surface area contributed by atoms with Crippen LogP contribution in [0, 0.1) is 11.8 Å². The molecule has 1 aliphatic carbocycles. The Bertz CT molecular complexity index is 824. The Morgan fingerprint density at radius 1 is 1.20 bits per heavy atom. The SMILES string of the molecule is CCOCCCNC(=O)[C@H](Cc1c[nH]c2ccccc12)NC(=O)C1CCC(C)CC1. The lowest BCUT2D eigenvalue weighted by atomic mass is 9.82. The molecule has 1 aromatic heterocycles. The smallest absolute Gasteiger partial charge is 0.242 e. The van der Waals surface area contributed by atoms with Crippen molar-refractivity contribution in [2.24, 2.45) is 11.8 Å². The molecule has 1 saturated carbocycles. The summed E-state index contributed by atoms with van der Waals surface area (Å²) in [5.74, 6) is 0.577. The minimum absolute atomic E-state index is 0.0104. The van der Waals surface area contributed by atoms with Gasteiger partial charge in [-0.15, -0.1) is 0 Å². The Kier molecular flexibility index (Phi) is 8.31. The lowest BCUT2D eigenvalue weighted by molar-refractivity contribution is -0.131. The van der Waals surface area contributed by atoms with Crippen LogP contribution in [-0.2, 0) is 20.7 Å². The van der Waals surface area contributed by atoms with Crippen LogP contribution in [0.25, 0.3) is 10.9 Å². The van der Waals surface area contributed by atoms with E-state index >= 15 is 0 Å². The van der Waals surface area contributed by atoms with Crippen LogP contribution < -0.4 is 10.6 Å². The molecule has 164 valence electrons. The summed E-state index contributed by atoms with van der Waals surface area (Å²) in [4.78, 5) is 29.1. The van der Waals surface area contributed by atoms with Crippen molar-refractivity contribution in [3.8, 4) is 0 Å². The van der Waals surface area contributed by atoms with Gasteiger partial charge in [-0.2, -0.15) is 0 Å². The molecule has 1 fully saturated rings. The van der Waals surface area contributed by atoms with Crippen LogP contribution in [0.5, 0.6) is 0 Å². The Morgan fingerprint density at radius 2 is 1.97 bits per heavy atom. The first-order valence-corrected chi connectivity index (χ1v) is 11.3. The molecule has 0 saturated heterocycles. The molecule has 3 rings (SSSR count). The summed E-state index contributed by atoms with van der Waals surface area (Å²) in [6, 6.07) is 7.45. The van der Waals surface area contributed by atoms with Gasteiger partial charge in [0, 0.05) is 49.2 Å². The maximum absolute atomic E-state index is 12.9. The van der Waals surface area contributed by atoms with E-state index in [4.69, 9.17) is 4.74 Å². The number of fused-ring (bicyclic) bond motifs is 1. The first kappa shape index (κ1) is 22.3. The number of benzene rings is 1. The van der Waals surface area contributed by atoms with E-state index in [0.717, 1.165) is 48.6 Å². The van der Waals surface area contributed by atoms with Gasteiger partial charge in [-0.25, -0.2) is 0 Å². The molecule has 30 heavy (non-hydrogen) atoms. The normalized spacial score (nSPS) is 20.1. The lowest BCUT2D eigenvalue weighted by Gasteiger charge is -2.27. The third kappa shape index (κ3) is 6.08. The first-order valence-electron chi connectivity index (χ1n) is 11.3. The zero-order chi connectivity index (χ0) is 21.3. The standard InChI is InChI=1S/C24H35N3O3/c1-3-30-14-6-13-25-24(29)22(27-23(28)18-11-9-17(2)10-12-18)15-19-16-26-21-8-5-4-7-20(19)21/h4-5,7-8,16-18,22,26H,3,6,9-15H2,1-2H3,(H,25,29)(H,27,28)/t17?,18?,22-/m0/s1. The summed E-state index contributed by atoms with van der Waals surface area (Å²) in [6.07, 6.45) is 7.13. The maximum atomic E-state index is 12.9. The van der Waals surface area contributed by atoms with E-state index in [2.05, 4.69) is 22.5 Å². The number of aromatic amines is 1. The van der Waals surface area contributed by atoms with E-state index in [1.54, 1.807) is 0 Å². The molecule has 1 atom stereocenters. The predicted octanol–water partition coefficient (Wildman–Crippen LogP) is 3.56. The van der Waals surface area contributed by atoms with Crippen LogP contribution in [0.3, 0.4) is 0 Å². The summed E-state index contributed by atoms with van der Waals surface area (Å²) in [5, 5.41) is 7.12. The highest BCUT2D eigenvalue weighted by molar-refractivity contribution is 5.90. The van der Waals surface area contributed by atoms with Crippen molar-refractivity contribution >= 4 is 22.7 Å².